The minimum absolute atomic E-state index is 0.00732. The molecule has 1 aliphatic carbocycles. The summed E-state index contributed by atoms with van der Waals surface area (Å²) in [5.74, 6) is -0.0530. The summed E-state index contributed by atoms with van der Waals surface area (Å²) in [6, 6.07) is 11.7. The Bertz CT molecular complexity index is 847. The summed E-state index contributed by atoms with van der Waals surface area (Å²) < 4.78 is 1.91. The van der Waals surface area contributed by atoms with Crippen molar-refractivity contribution in [2.75, 3.05) is 0 Å². The third-order valence-electron chi connectivity index (χ3n) is 6.26. The smallest absolute Gasteiger partial charge is 0.249 e. The van der Waals surface area contributed by atoms with Crippen molar-refractivity contribution in [3.8, 4) is 0 Å². The van der Waals surface area contributed by atoms with Gasteiger partial charge in [-0.2, -0.15) is 0 Å². The normalized spacial score (nSPS) is 20.7. The number of amides is 2. The van der Waals surface area contributed by atoms with E-state index >= 15 is 0 Å². The molecular weight excluding hydrogens is 362 g/mol. The van der Waals surface area contributed by atoms with Gasteiger partial charge < -0.3 is 14.8 Å². The summed E-state index contributed by atoms with van der Waals surface area (Å²) in [5, 5.41) is 3.29. The Morgan fingerprint density at radius 1 is 1.03 bits per heavy atom. The first kappa shape index (κ1) is 19.7. The van der Waals surface area contributed by atoms with Crippen LogP contribution in [0.15, 0.2) is 42.6 Å². The Hall–Kier alpha value is -2.56. The highest BCUT2D eigenvalue weighted by atomic mass is 16.2. The van der Waals surface area contributed by atoms with Crippen molar-refractivity contribution in [2.24, 2.45) is 0 Å². The molecule has 1 aliphatic heterocycles. The van der Waals surface area contributed by atoms with Crippen LogP contribution in [0.4, 0.5) is 0 Å². The van der Waals surface area contributed by atoms with Crippen molar-refractivity contribution in [1.29, 1.82) is 0 Å². The van der Waals surface area contributed by atoms with Crippen molar-refractivity contribution in [1.82, 2.24) is 14.8 Å². The van der Waals surface area contributed by atoms with Crippen molar-refractivity contribution in [3.05, 3.63) is 59.4 Å². The number of carbonyl (C=O) groups is 2. The number of hydrogen-bond donors (Lipinski definition) is 1. The van der Waals surface area contributed by atoms with E-state index in [9.17, 15) is 9.59 Å². The molecule has 2 aliphatic rings. The monoisotopic (exact) mass is 393 g/mol. The Labute approximate surface area is 173 Å². The molecule has 29 heavy (non-hydrogen) atoms. The standard InChI is InChI=1S/C24H31N3O2/c1-18-11-13-19(14-12-18)16-27-22(28)17-26-15-7-10-21(26)23(27)24(29)25-20-8-5-3-2-4-6-9-20/h7,10-15,20,23H,2-6,8-9,16-17H2,1H3,(H,25,29). The zero-order valence-electron chi connectivity index (χ0n) is 17.3. The number of aromatic nitrogens is 1. The van der Waals surface area contributed by atoms with Gasteiger partial charge in [0, 0.05) is 18.8 Å². The van der Waals surface area contributed by atoms with Crippen molar-refractivity contribution in [2.45, 2.75) is 77.0 Å². The van der Waals surface area contributed by atoms with Gasteiger partial charge in [0.05, 0.1) is 5.69 Å². The number of rotatable bonds is 4. The Balaban J connectivity index is 1.56. The lowest BCUT2D eigenvalue weighted by molar-refractivity contribution is -0.144. The maximum absolute atomic E-state index is 13.4. The van der Waals surface area contributed by atoms with Crippen LogP contribution in [-0.2, 0) is 22.7 Å². The fourth-order valence-corrected chi connectivity index (χ4v) is 4.59. The summed E-state index contributed by atoms with van der Waals surface area (Å²) in [6.07, 6.45) is 10.1. The van der Waals surface area contributed by atoms with E-state index < -0.39 is 6.04 Å². The molecule has 1 atom stereocenters. The molecule has 0 bridgehead atoms. The lowest BCUT2D eigenvalue weighted by Crippen LogP contribution is -2.50. The van der Waals surface area contributed by atoms with E-state index in [1.165, 1.54) is 24.8 Å². The molecule has 1 saturated carbocycles. The van der Waals surface area contributed by atoms with Crippen LogP contribution in [0.1, 0.15) is 67.8 Å². The zero-order valence-corrected chi connectivity index (χ0v) is 17.3. The van der Waals surface area contributed by atoms with E-state index in [0.717, 1.165) is 36.9 Å². The van der Waals surface area contributed by atoms with E-state index in [2.05, 4.69) is 17.4 Å². The topological polar surface area (TPSA) is 54.3 Å². The molecule has 2 heterocycles. The second kappa shape index (κ2) is 8.85. The number of benzene rings is 1. The van der Waals surface area contributed by atoms with E-state index in [1.54, 1.807) is 4.90 Å². The number of fused-ring (bicyclic) bond motifs is 1. The van der Waals surface area contributed by atoms with Gasteiger partial charge in [0.2, 0.25) is 11.8 Å². The highest BCUT2D eigenvalue weighted by Gasteiger charge is 2.38. The number of nitrogens with zero attached hydrogens (tertiary/aromatic N) is 2. The predicted molar refractivity (Wildman–Crippen MR) is 113 cm³/mol. The second-order valence-electron chi connectivity index (χ2n) is 8.52. The summed E-state index contributed by atoms with van der Waals surface area (Å²) in [4.78, 5) is 28.1. The molecule has 5 nitrogen and oxygen atoms in total. The SMILES string of the molecule is Cc1ccc(CN2C(=O)Cn3cccc3C2C(=O)NC2CCCCCCC2)cc1. The van der Waals surface area contributed by atoms with Crippen LogP contribution >= 0.6 is 0 Å². The largest absolute Gasteiger partial charge is 0.351 e. The van der Waals surface area contributed by atoms with E-state index in [-0.39, 0.29) is 17.9 Å². The summed E-state index contributed by atoms with van der Waals surface area (Å²) >= 11 is 0. The number of hydrogen-bond acceptors (Lipinski definition) is 2. The highest BCUT2D eigenvalue weighted by Crippen LogP contribution is 2.29. The predicted octanol–water partition coefficient (Wildman–Crippen LogP) is 4.11. The molecule has 1 aromatic heterocycles. The molecule has 1 aromatic carbocycles. The molecule has 4 rings (SSSR count). The molecule has 154 valence electrons. The van der Waals surface area contributed by atoms with E-state index in [1.807, 2.05) is 42.0 Å². The van der Waals surface area contributed by atoms with E-state index in [0.29, 0.717) is 13.1 Å². The van der Waals surface area contributed by atoms with Gasteiger partial charge >= 0.3 is 0 Å². The highest BCUT2D eigenvalue weighted by molar-refractivity contribution is 5.90. The summed E-state index contributed by atoms with van der Waals surface area (Å²) in [7, 11) is 0. The molecule has 0 saturated heterocycles. The number of carbonyl (C=O) groups excluding carboxylic acids is 2. The lowest BCUT2D eigenvalue weighted by Gasteiger charge is -2.37. The first-order chi connectivity index (χ1) is 14.1. The molecule has 1 unspecified atom stereocenters. The van der Waals surface area contributed by atoms with Gasteiger partial charge in [0.15, 0.2) is 6.04 Å². The molecule has 0 radical (unpaired) electrons. The van der Waals surface area contributed by atoms with Crippen LogP contribution in [-0.4, -0.2) is 27.3 Å². The van der Waals surface area contributed by atoms with Gasteiger partial charge in [-0.15, -0.1) is 0 Å². The average molecular weight is 394 g/mol. The third kappa shape index (κ3) is 4.55. The average Bonchev–Trinajstić information content (AvgIpc) is 3.13. The first-order valence-electron chi connectivity index (χ1n) is 10.9. The maximum Gasteiger partial charge on any atom is 0.249 e. The number of aryl methyl sites for hydroxylation is 1. The van der Waals surface area contributed by atoms with Crippen LogP contribution < -0.4 is 5.32 Å². The number of nitrogens with one attached hydrogen (secondary N) is 1. The summed E-state index contributed by atoms with van der Waals surface area (Å²) in [6.45, 7) is 2.79. The third-order valence-corrected chi connectivity index (χ3v) is 6.26. The Kier molecular flexibility index (Phi) is 6.02. The van der Waals surface area contributed by atoms with Crippen molar-refractivity contribution in [3.63, 3.8) is 0 Å². The summed E-state index contributed by atoms with van der Waals surface area (Å²) in [5.41, 5.74) is 3.14. The maximum atomic E-state index is 13.4. The van der Waals surface area contributed by atoms with Crippen LogP contribution in [0.5, 0.6) is 0 Å². The lowest BCUT2D eigenvalue weighted by atomic mass is 9.96. The molecule has 2 aromatic rings. The minimum Gasteiger partial charge on any atom is -0.351 e. The van der Waals surface area contributed by atoms with Gasteiger partial charge in [-0.3, -0.25) is 9.59 Å². The Morgan fingerprint density at radius 2 is 1.72 bits per heavy atom. The molecule has 5 heteroatoms. The van der Waals surface area contributed by atoms with Crippen molar-refractivity contribution >= 4 is 11.8 Å². The van der Waals surface area contributed by atoms with Gasteiger partial charge in [-0.1, -0.05) is 61.9 Å². The van der Waals surface area contributed by atoms with Crippen LogP contribution in [0.25, 0.3) is 0 Å². The first-order valence-corrected chi connectivity index (χ1v) is 10.9. The Morgan fingerprint density at radius 3 is 2.45 bits per heavy atom. The van der Waals surface area contributed by atoms with Crippen LogP contribution in [0.3, 0.4) is 0 Å². The molecule has 0 spiro atoms. The molecule has 1 fully saturated rings. The van der Waals surface area contributed by atoms with Gasteiger partial charge in [-0.05, 0) is 37.5 Å². The minimum atomic E-state index is -0.571. The fourth-order valence-electron chi connectivity index (χ4n) is 4.59. The second-order valence-corrected chi connectivity index (χ2v) is 8.52. The molecule has 1 N–H and O–H groups in total. The van der Waals surface area contributed by atoms with Gasteiger partial charge in [0.25, 0.3) is 0 Å². The molecule has 2 amide bonds. The van der Waals surface area contributed by atoms with Crippen LogP contribution in [0, 0.1) is 6.92 Å². The fraction of sp³-hybridized carbons (Fsp3) is 0.500. The quantitative estimate of drug-likeness (QED) is 0.850. The zero-order chi connectivity index (χ0) is 20.2. The van der Waals surface area contributed by atoms with Crippen molar-refractivity contribution < 1.29 is 9.59 Å². The van der Waals surface area contributed by atoms with E-state index in [4.69, 9.17) is 0 Å². The van der Waals surface area contributed by atoms with Gasteiger partial charge in [-0.25, -0.2) is 0 Å². The van der Waals surface area contributed by atoms with Crippen LogP contribution in [0.2, 0.25) is 0 Å². The molecular formula is C24H31N3O2. The van der Waals surface area contributed by atoms with Gasteiger partial charge in [0.1, 0.15) is 6.54 Å².